The maximum Gasteiger partial charge on any atom is 0.289 e. The average Bonchev–Trinajstić information content (AvgIpc) is 3.38. The number of carbonyl (C=O) groups is 1. The molecule has 1 amide bonds. The van der Waals surface area contributed by atoms with E-state index in [1.165, 1.54) is 29.2 Å². The number of hydrogen-bond acceptors (Lipinski definition) is 5. The van der Waals surface area contributed by atoms with Crippen LogP contribution in [0.3, 0.4) is 0 Å². The molecule has 1 aliphatic heterocycles. The van der Waals surface area contributed by atoms with Crippen molar-refractivity contribution in [1.82, 2.24) is 20.1 Å². The maximum absolute atomic E-state index is 12.9. The van der Waals surface area contributed by atoms with E-state index in [-0.39, 0.29) is 5.91 Å². The second-order valence-corrected chi connectivity index (χ2v) is 7.76. The molecule has 6 nitrogen and oxygen atoms in total. The van der Waals surface area contributed by atoms with Crippen molar-refractivity contribution >= 4 is 17.7 Å². The number of nitrogens with zero attached hydrogens (tertiary/aromatic N) is 3. The van der Waals surface area contributed by atoms with Crippen molar-refractivity contribution < 1.29 is 9.21 Å². The van der Waals surface area contributed by atoms with Gasteiger partial charge < -0.3 is 9.32 Å². The van der Waals surface area contributed by atoms with Crippen molar-refractivity contribution in [2.75, 3.05) is 13.1 Å². The molecule has 1 N–H and O–H groups in total. The molecule has 140 valence electrons. The molecule has 3 aromatic rings. The fourth-order valence-corrected chi connectivity index (χ4v) is 4.26. The van der Waals surface area contributed by atoms with Gasteiger partial charge >= 0.3 is 0 Å². The average molecular weight is 382 g/mol. The molecule has 4 rings (SSSR count). The molecule has 1 saturated heterocycles. The van der Waals surface area contributed by atoms with Crippen LogP contribution < -0.4 is 0 Å². The number of H-pyrrole nitrogens is 1. The van der Waals surface area contributed by atoms with E-state index in [0.717, 1.165) is 36.8 Å². The number of thioether (sulfide) groups is 1. The minimum atomic E-state index is -0.0239. The van der Waals surface area contributed by atoms with Gasteiger partial charge in [0, 0.05) is 19.0 Å². The molecule has 1 aromatic carbocycles. The number of piperidine rings is 1. The van der Waals surface area contributed by atoms with Crippen LogP contribution in [0.4, 0.5) is 0 Å². The van der Waals surface area contributed by atoms with Crippen molar-refractivity contribution in [3.8, 4) is 0 Å². The molecule has 0 radical (unpaired) electrons. The van der Waals surface area contributed by atoms with Crippen molar-refractivity contribution in [2.24, 2.45) is 0 Å². The fraction of sp³-hybridized carbons (Fsp3) is 0.350. The lowest BCUT2D eigenvalue weighted by Gasteiger charge is -2.33. The van der Waals surface area contributed by atoms with Crippen LogP contribution in [-0.2, 0) is 5.75 Å². The highest BCUT2D eigenvalue weighted by atomic mass is 32.2. The topological polar surface area (TPSA) is 75.0 Å². The Kier molecular flexibility index (Phi) is 5.29. The predicted molar refractivity (Wildman–Crippen MR) is 104 cm³/mol. The fourth-order valence-electron chi connectivity index (χ4n) is 3.59. The Hall–Kier alpha value is -2.54. The van der Waals surface area contributed by atoms with E-state index in [9.17, 15) is 4.79 Å². The van der Waals surface area contributed by atoms with E-state index >= 15 is 0 Å². The van der Waals surface area contributed by atoms with Gasteiger partial charge in [-0.15, -0.1) is 0 Å². The van der Waals surface area contributed by atoms with Crippen molar-refractivity contribution in [1.29, 1.82) is 0 Å². The van der Waals surface area contributed by atoms with Crippen LogP contribution in [0.15, 0.2) is 52.3 Å². The predicted octanol–water partition coefficient (Wildman–Crippen LogP) is 4.02. The molecule has 0 bridgehead atoms. The van der Waals surface area contributed by atoms with Gasteiger partial charge in [0.1, 0.15) is 12.1 Å². The number of aromatic amines is 1. The zero-order valence-corrected chi connectivity index (χ0v) is 16.0. The van der Waals surface area contributed by atoms with Gasteiger partial charge in [-0.3, -0.25) is 9.89 Å². The summed E-state index contributed by atoms with van der Waals surface area (Å²) in [6.07, 6.45) is 3.60. The highest BCUT2D eigenvalue weighted by Crippen LogP contribution is 2.30. The summed E-state index contributed by atoms with van der Waals surface area (Å²) in [5.41, 5.74) is 2.64. The lowest BCUT2D eigenvalue weighted by Crippen LogP contribution is -2.39. The number of aromatic nitrogens is 3. The van der Waals surface area contributed by atoms with Crippen LogP contribution in [-0.4, -0.2) is 39.1 Å². The third-order valence-electron chi connectivity index (χ3n) is 4.95. The van der Waals surface area contributed by atoms with Gasteiger partial charge in [-0.25, -0.2) is 4.98 Å². The number of rotatable bonds is 5. The van der Waals surface area contributed by atoms with E-state index in [2.05, 4.69) is 46.4 Å². The Bertz CT molecular complexity index is 906. The van der Waals surface area contributed by atoms with Gasteiger partial charge in [-0.1, -0.05) is 36.0 Å². The highest BCUT2D eigenvalue weighted by Gasteiger charge is 2.27. The molecule has 0 spiro atoms. The number of amides is 1. The molecule has 1 aliphatic rings. The molecule has 1 fully saturated rings. The Balaban J connectivity index is 1.41. The molecule has 2 aromatic heterocycles. The van der Waals surface area contributed by atoms with Crippen molar-refractivity contribution in [3.63, 3.8) is 0 Å². The maximum atomic E-state index is 12.9. The summed E-state index contributed by atoms with van der Waals surface area (Å²) in [5, 5.41) is 7.35. The third-order valence-corrected chi connectivity index (χ3v) is 5.85. The molecule has 27 heavy (non-hydrogen) atoms. The summed E-state index contributed by atoms with van der Waals surface area (Å²) >= 11 is 1.49. The smallest absolute Gasteiger partial charge is 0.289 e. The number of likely N-dealkylation sites (tertiary alicyclic amines) is 1. The Morgan fingerprint density at radius 3 is 3.04 bits per heavy atom. The van der Waals surface area contributed by atoms with Gasteiger partial charge in [0.25, 0.3) is 5.91 Å². The number of carbonyl (C=O) groups excluding carboxylic acids is 1. The highest BCUT2D eigenvalue weighted by molar-refractivity contribution is 7.98. The first-order valence-electron chi connectivity index (χ1n) is 9.12. The first kappa shape index (κ1) is 17.9. The van der Waals surface area contributed by atoms with Crippen molar-refractivity contribution in [3.05, 3.63) is 65.4 Å². The summed E-state index contributed by atoms with van der Waals surface area (Å²) in [7, 11) is 0. The molecule has 0 saturated carbocycles. The summed E-state index contributed by atoms with van der Waals surface area (Å²) in [5.74, 6) is 2.14. The summed E-state index contributed by atoms with van der Waals surface area (Å²) in [6, 6.07) is 12.1. The Labute approximate surface area is 162 Å². The number of furan rings is 1. The standard InChI is InChI=1S/C20H22N4O2S/c1-14-5-2-3-7-17(14)15-6-4-10-24(11-15)19(25)18-9-8-16(26-18)12-27-20-21-13-22-23-20/h2-3,5,7-9,13,15H,4,6,10-12H2,1H3,(H,21,22,23)/t15-/m0/s1. The Morgan fingerprint density at radius 2 is 2.22 bits per heavy atom. The van der Waals surface area contributed by atoms with E-state index in [1.807, 2.05) is 11.0 Å². The van der Waals surface area contributed by atoms with Gasteiger partial charge in [0.15, 0.2) is 10.9 Å². The van der Waals surface area contributed by atoms with E-state index in [0.29, 0.717) is 17.4 Å². The molecule has 0 unspecified atom stereocenters. The van der Waals surface area contributed by atoms with E-state index in [1.54, 1.807) is 6.07 Å². The number of nitrogens with one attached hydrogen (secondary N) is 1. The lowest BCUT2D eigenvalue weighted by molar-refractivity contribution is 0.0673. The monoisotopic (exact) mass is 382 g/mol. The third kappa shape index (κ3) is 4.08. The van der Waals surface area contributed by atoms with Crippen LogP contribution in [0.1, 0.15) is 46.2 Å². The largest absolute Gasteiger partial charge is 0.455 e. The van der Waals surface area contributed by atoms with Crippen LogP contribution in [0, 0.1) is 6.92 Å². The van der Waals surface area contributed by atoms with Gasteiger partial charge in [-0.2, -0.15) is 5.10 Å². The molecule has 0 aliphatic carbocycles. The Morgan fingerprint density at radius 1 is 1.33 bits per heavy atom. The molecule has 7 heteroatoms. The molecule has 3 heterocycles. The minimum absolute atomic E-state index is 0.0239. The van der Waals surface area contributed by atoms with E-state index < -0.39 is 0 Å². The molecule has 1 atom stereocenters. The van der Waals surface area contributed by atoms with Gasteiger partial charge in [0.05, 0.1) is 5.75 Å². The van der Waals surface area contributed by atoms with Crippen LogP contribution in [0.25, 0.3) is 0 Å². The second kappa shape index (κ2) is 8.00. The van der Waals surface area contributed by atoms with Gasteiger partial charge in [-0.05, 0) is 43.0 Å². The first-order chi connectivity index (χ1) is 13.2. The summed E-state index contributed by atoms with van der Waals surface area (Å²) in [6.45, 7) is 3.66. The lowest BCUT2D eigenvalue weighted by atomic mass is 9.88. The van der Waals surface area contributed by atoms with Crippen molar-refractivity contribution in [2.45, 2.75) is 36.6 Å². The van der Waals surface area contributed by atoms with Gasteiger partial charge in [0.2, 0.25) is 0 Å². The number of aryl methyl sites for hydroxylation is 1. The summed E-state index contributed by atoms with van der Waals surface area (Å²) < 4.78 is 5.79. The first-order valence-corrected chi connectivity index (χ1v) is 10.1. The molecular weight excluding hydrogens is 360 g/mol. The van der Waals surface area contributed by atoms with Crippen LogP contribution >= 0.6 is 11.8 Å². The number of benzene rings is 1. The van der Waals surface area contributed by atoms with E-state index in [4.69, 9.17) is 4.42 Å². The van der Waals surface area contributed by atoms with Crippen LogP contribution in [0.2, 0.25) is 0 Å². The van der Waals surface area contributed by atoms with Crippen LogP contribution in [0.5, 0.6) is 0 Å². The molecular formula is C20H22N4O2S. The SMILES string of the molecule is Cc1ccccc1[C@H]1CCCN(C(=O)c2ccc(CSc3ncn[nH]3)o2)C1. The zero-order chi connectivity index (χ0) is 18.6. The number of hydrogen-bond donors (Lipinski definition) is 1. The normalized spacial score (nSPS) is 17.2. The minimum Gasteiger partial charge on any atom is -0.455 e. The zero-order valence-electron chi connectivity index (χ0n) is 15.2. The second-order valence-electron chi connectivity index (χ2n) is 6.79. The summed E-state index contributed by atoms with van der Waals surface area (Å²) in [4.78, 5) is 18.9. The quantitative estimate of drug-likeness (QED) is 0.675.